The fraction of sp³-hybridized carbons (Fsp3) is 0.440. The Morgan fingerprint density at radius 3 is 2.52 bits per heavy atom. The van der Waals surface area contributed by atoms with Gasteiger partial charge in [0.1, 0.15) is 6.10 Å². The quantitative estimate of drug-likeness (QED) is 0.493. The number of likely N-dealkylation sites (N-methyl/N-ethyl adjacent to an activating group) is 1. The zero-order valence-corrected chi connectivity index (χ0v) is 19.1. The van der Waals surface area contributed by atoms with Crippen LogP contribution in [0.2, 0.25) is 0 Å². The molecule has 8 nitrogen and oxygen atoms in total. The van der Waals surface area contributed by atoms with Gasteiger partial charge in [-0.1, -0.05) is 6.07 Å². The second-order valence-corrected chi connectivity index (χ2v) is 8.93. The molecule has 0 N–H and O–H groups in total. The first-order valence-corrected chi connectivity index (χ1v) is 11.1. The lowest BCUT2D eigenvalue weighted by Crippen LogP contribution is -2.41. The van der Waals surface area contributed by atoms with Crippen molar-refractivity contribution in [1.82, 2.24) is 4.90 Å². The fourth-order valence-electron chi connectivity index (χ4n) is 5.42. The van der Waals surface area contributed by atoms with Crippen LogP contribution < -0.4 is 9.47 Å². The Bertz CT molecular complexity index is 1100. The molecule has 0 amide bonds. The molecule has 2 aromatic carbocycles. The van der Waals surface area contributed by atoms with Gasteiger partial charge in [-0.05, 0) is 54.3 Å². The molecule has 3 atom stereocenters. The van der Waals surface area contributed by atoms with Crippen LogP contribution in [-0.2, 0) is 14.9 Å². The minimum atomic E-state index is -0.791. The van der Waals surface area contributed by atoms with E-state index in [2.05, 4.69) is 30.2 Å². The van der Waals surface area contributed by atoms with Crippen molar-refractivity contribution in [3.8, 4) is 11.5 Å². The van der Waals surface area contributed by atoms with Gasteiger partial charge in [-0.25, -0.2) is 0 Å². The number of benzene rings is 2. The molecule has 1 unspecified atom stereocenters. The van der Waals surface area contributed by atoms with Gasteiger partial charge in [-0.2, -0.15) is 0 Å². The number of nitrogens with zero attached hydrogens (tertiary/aromatic N) is 2. The molecule has 0 aromatic heterocycles. The van der Waals surface area contributed by atoms with Crippen LogP contribution in [0.15, 0.2) is 54.2 Å². The van der Waals surface area contributed by atoms with Crippen LogP contribution in [0, 0.1) is 10.1 Å². The normalized spacial score (nSPS) is 28.5. The van der Waals surface area contributed by atoms with E-state index in [1.807, 2.05) is 6.07 Å². The van der Waals surface area contributed by atoms with Crippen LogP contribution in [0.25, 0.3) is 0 Å². The number of hydrogen-bond donors (Lipinski definition) is 0. The summed E-state index contributed by atoms with van der Waals surface area (Å²) < 4.78 is 23.7. The van der Waals surface area contributed by atoms with Crippen molar-refractivity contribution in [1.29, 1.82) is 0 Å². The number of nitro benzene ring substituents is 1. The van der Waals surface area contributed by atoms with Crippen molar-refractivity contribution < 1.29 is 23.9 Å². The lowest BCUT2D eigenvalue weighted by molar-refractivity contribution is -0.384. The van der Waals surface area contributed by atoms with E-state index in [0.29, 0.717) is 6.61 Å². The van der Waals surface area contributed by atoms with E-state index in [1.54, 1.807) is 26.4 Å². The highest BCUT2D eigenvalue weighted by Gasteiger charge is 2.53. The van der Waals surface area contributed by atoms with Gasteiger partial charge in [0.2, 0.25) is 0 Å². The van der Waals surface area contributed by atoms with Gasteiger partial charge in [0.25, 0.3) is 5.69 Å². The largest absolute Gasteiger partial charge is 0.493 e. The van der Waals surface area contributed by atoms with Crippen molar-refractivity contribution >= 4 is 5.69 Å². The lowest BCUT2D eigenvalue weighted by atomic mass is 9.69. The molecule has 2 aliphatic heterocycles. The molecule has 2 aromatic rings. The first-order chi connectivity index (χ1) is 15.9. The van der Waals surface area contributed by atoms with Crippen LogP contribution in [0.4, 0.5) is 5.69 Å². The van der Waals surface area contributed by atoms with Crippen molar-refractivity contribution in [2.24, 2.45) is 0 Å². The molecule has 3 aliphatic rings. The molecule has 8 heteroatoms. The number of non-ortho nitro benzene ring substituents is 1. The van der Waals surface area contributed by atoms with E-state index in [1.165, 1.54) is 23.4 Å². The Labute approximate surface area is 192 Å². The van der Waals surface area contributed by atoms with Crippen molar-refractivity contribution in [2.45, 2.75) is 36.6 Å². The number of ether oxygens (including phenoxy) is 4. The van der Waals surface area contributed by atoms with Gasteiger partial charge in [0.05, 0.1) is 25.7 Å². The van der Waals surface area contributed by atoms with Crippen LogP contribution in [0.5, 0.6) is 11.5 Å². The van der Waals surface area contributed by atoms with E-state index in [-0.39, 0.29) is 17.2 Å². The number of nitro groups is 1. The van der Waals surface area contributed by atoms with Crippen LogP contribution in [0.3, 0.4) is 0 Å². The van der Waals surface area contributed by atoms with Crippen LogP contribution in [-0.4, -0.2) is 50.0 Å². The summed E-state index contributed by atoms with van der Waals surface area (Å²) in [7, 11) is 5.41. The number of likely N-dealkylation sites (tertiary alicyclic amines) is 1. The minimum absolute atomic E-state index is 0.0689. The van der Waals surface area contributed by atoms with Crippen LogP contribution >= 0.6 is 0 Å². The topological polar surface area (TPSA) is 83.3 Å². The van der Waals surface area contributed by atoms with Crippen molar-refractivity contribution in [2.75, 3.05) is 34.4 Å². The van der Waals surface area contributed by atoms with Gasteiger partial charge in [-0.3, -0.25) is 10.1 Å². The summed E-state index contributed by atoms with van der Waals surface area (Å²) in [5, 5.41) is 11.0. The van der Waals surface area contributed by atoms with E-state index in [4.69, 9.17) is 18.9 Å². The minimum Gasteiger partial charge on any atom is -0.493 e. The Morgan fingerprint density at radius 1 is 1.06 bits per heavy atom. The van der Waals surface area contributed by atoms with Gasteiger partial charge < -0.3 is 23.8 Å². The summed E-state index contributed by atoms with van der Waals surface area (Å²) in [6.07, 6.45) is 4.49. The lowest BCUT2D eigenvalue weighted by Gasteiger charge is -2.41. The van der Waals surface area contributed by atoms with Gasteiger partial charge in [-0.15, -0.1) is 0 Å². The summed E-state index contributed by atoms with van der Waals surface area (Å²) in [6, 6.07) is 12.7. The summed E-state index contributed by atoms with van der Waals surface area (Å²) in [4.78, 5) is 12.8. The Hall–Kier alpha value is -3.10. The molecule has 33 heavy (non-hydrogen) atoms. The first kappa shape index (κ1) is 21.7. The molecule has 5 rings (SSSR count). The van der Waals surface area contributed by atoms with Gasteiger partial charge in [0, 0.05) is 43.3 Å². The third kappa shape index (κ3) is 3.54. The molecular formula is C25H28N2O6. The average Bonchev–Trinajstić information content (AvgIpc) is 3.41. The molecule has 1 spiro atoms. The molecule has 0 radical (unpaired) electrons. The molecule has 2 saturated heterocycles. The molecular weight excluding hydrogens is 424 g/mol. The van der Waals surface area contributed by atoms with E-state index < -0.39 is 10.7 Å². The zero-order chi connectivity index (χ0) is 23.2. The standard InChI is InChI=1S/C25H28N2O6/c1-26-13-12-24(18-6-9-20(30-2)21(14-18)31-3)10-11-25(15-23(24)26)32-16-22(33-25)17-4-7-19(8-5-17)27(28)29/h4-9,14-15,22H,10-13,16H2,1-3H3/t22-,24+,25?/m1/s1. The number of methoxy groups -OCH3 is 2. The van der Waals surface area contributed by atoms with Crippen molar-refractivity contribution in [3.63, 3.8) is 0 Å². The predicted octanol–water partition coefficient (Wildman–Crippen LogP) is 4.35. The monoisotopic (exact) mass is 452 g/mol. The maximum Gasteiger partial charge on any atom is 0.269 e. The fourth-order valence-corrected chi connectivity index (χ4v) is 5.42. The first-order valence-electron chi connectivity index (χ1n) is 11.1. The maximum atomic E-state index is 11.0. The summed E-state index contributed by atoms with van der Waals surface area (Å²) in [6.45, 7) is 1.36. The number of rotatable bonds is 5. The summed E-state index contributed by atoms with van der Waals surface area (Å²) in [5.74, 6) is 0.654. The maximum absolute atomic E-state index is 11.0. The third-order valence-electron chi connectivity index (χ3n) is 7.27. The average molecular weight is 453 g/mol. The highest BCUT2D eigenvalue weighted by atomic mass is 16.7. The highest BCUT2D eigenvalue weighted by molar-refractivity contribution is 5.50. The van der Waals surface area contributed by atoms with Gasteiger partial charge >= 0.3 is 0 Å². The molecule has 1 aliphatic carbocycles. The molecule has 2 fully saturated rings. The smallest absolute Gasteiger partial charge is 0.269 e. The Kier molecular flexibility index (Phi) is 5.29. The van der Waals surface area contributed by atoms with Crippen LogP contribution in [0.1, 0.15) is 36.5 Å². The molecule has 0 bridgehead atoms. The van der Waals surface area contributed by atoms with E-state index >= 15 is 0 Å². The summed E-state index contributed by atoms with van der Waals surface area (Å²) in [5.41, 5.74) is 3.23. The Balaban J connectivity index is 1.45. The summed E-state index contributed by atoms with van der Waals surface area (Å²) >= 11 is 0. The van der Waals surface area contributed by atoms with Crippen molar-refractivity contribution in [3.05, 3.63) is 75.5 Å². The van der Waals surface area contributed by atoms with E-state index in [0.717, 1.165) is 42.9 Å². The third-order valence-corrected chi connectivity index (χ3v) is 7.27. The molecule has 2 heterocycles. The number of allylic oxidation sites excluding steroid dienone is 1. The molecule has 0 saturated carbocycles. The number of hydrogen-bond acceptors (Lipinski definition) is 7. The SMILES string of the molecule is COc1ccc([C@]23CCN(C)C2=CC2(CC3)OC[C@H](c3ccc([N+](=O)[O-])cc3)O2)cc1OC. The predicted molar refractivity (Wildman–Crippen MR) is 121 cm³/mol. The molecule has 174 valence electrons. The second-order valence-electron chi connectivity index (χ2n) is 8.93. The Morgan fingerprint density at radius 2 is 1.82 bits per heavy atom. The van der Waals surface area contributed by atoms with Gasteiger partial charge in [0.15, 0.2) is 17.3 Å². The number of fused-ring (bicyclic) bond motifs is 1. The highest BCUT2D eigenvalue weighted by Crippen LogP contribution is 2.54. The zero-order valence-electron chi connectivity index (χ0n) is 19.1. The van der Waals surface area contributed by atoms with E-state index in [9.17, 15) is 10.1 Å². The second kappa shape index (κ2) is 8.04.